The lowest BCUT2D eigenvalue weighted by Gasteiger charge is -2.18. The van der Waals surface area contributed by atoms with Crippen molar-refractivity contribution in [3.8, 4) is 55.8 Å². The number of hydrogen-bond donors (Lipinski definition) is 0. The highest BCUT2D eigenvalue weighted by molar-refractivity contribution is 7.03. The van der Waals surface area contributed by atoms with Crippen LogP contribution in [0.2, 0.25) is 13.1 Å². The molecule has 0 N–H and O–H groups in total. The molecule has 0 fully saturated rings. The molecular formula is C37H29NSi. The first kappa shape index (κ1) is 23.6. The molecule has 1 aromatic heterocycles. The highest BCUT2D eigenvalue weighted by atomic mass is 28.3. The Kier molecular flexibility index (Phi) is 5.64. The van der Waals surface area contributed by atoms with Crippen LogP contribution < -0.4 is 10.4 Å². The molecule has 0 atom stereocenters. The maximum absolute atomic E-state index is 4.51. The van der Waals surface area contributed by atoms with Gasteiger partial charge in [-0.2, -0.15) is 0 Å². The van der Waals surface area contributed by atoms with Gasteiger partial charge in [-0.25, -0.2) is 0 Å². The smallest absolute Gasteiger partial charge is 0.113 e. The fourth-order valence-electron chi connectivity index (χ4n) is 6.02. The van der Waals surface area contributed by atoms with Gasteiger partial charge in [-0.1, -0.05) is 116 Å². The van der Waals surface area contributed by atoms with Crippen LogP contribution >= 0.6 is 0 Å². The Morgan fingerprint density at radius 1 is 0.410 bits per heavy atom. The molecule has 0 spiro atoms. The van der Waals surface area contributed by atoms with Crippen LogP contribution in [0, 0.1) is 0 Å². The van der Waals surface area contributed by atoms with E-state index in [2.05, 4.69) is 139 Å². The van der Waals surface area contributed by atoms with Gasteiger partial charge in [0.25, 0.3) is 0 Å². The standard InChI is InChI=1S/C37H29NSi/c1-39(2)36-15-4-3-13-33(36)34-25-31(20-21-37(34)39)30-11-7-9-28(23-30)26-16-18-27(19-17-26)29-10-8-12-32(24-29)35-14-5-6-22-38-35/h3-25H,1-2H3. The van der Waals surface area contributed by atoms with Crippen molar-refractivity contribution in [2.45, 2.75) is 13.1 Å². The second kappa shape index (κ2) is 9.34. The van der Waals surface area contributed by atoms with Crippen LogP contribution in [-0.2, 0) is 0 Å². The maximum atomic E-state index is 4.51. The van der Waals surface area contributed by atoms with Crippen molar-refractivity contribution in [3.05, 3.63) is 140 Å². The summed E-state index contributed by atoms with van der Waals surface area (Å²) >= 11 is 0. The summed E-state index contributed by atoms with van der Waals surface area (Å²) in [5, 5.41) is 3.10. The minimum atomic E-state index is -1.63. The van der Waals surface area contributed by atoms with Crippen molar-refractivity contribution in [1.29, 1.82) is 0 Å². The number of aromatic nitrogens is 1. The Morgan fingerprint density at radius 2 is 0.949 bits per heavy atom. The van der Waals surface area contributed by atoms with Crippen LogP contribution in [0.4, 0.5) is 0 Å². The lowest BCUT2D eigenvalue weighted by molar-refractivity contribution is 1.33. The number of hydrogen-bond acceptors (Lipinski definition) is 1. The van der Waals surface area contributed by atoms with E-state index in [1.54, 1.807) is 10.4 Å². The summed E-state index contributed by atoms with van der Waals surface area (Å²) in [6.07, 6.45) is 1.84. The Bertz CT molecular complexity index is 1820. The van der Waals surface area contributed by atoms with Crippen molar-refractivity contribution in [2.24, 2.45) is 0 Å². The molecule has 0 bridgehead atoms. The largest absolute Gasteiger partial charge is 0.256 e. The topological polar surface area (TPSA) is 12.9 Å². The average Bonchev–Trinajstić information content (AvgIpc) is 3.24. The Morgan fingerprint density at radius 3 is 1.64 bits per heavy atom. The van der Waals surface area contributed by atoms with Gasteiger partial charge in [-0.15, -0.1) is 0 Å². The zero-order valence-corrected chi connectivity index (χ0v) is 23.2. The molecule has 0 saturated carbocycles. The van der Waals surface area contributed by atoms with E-state index in [1.165, 1.54) is 44.5 Å². The summed E-state index contributed by atoms with van der Waals surface area (Å²) in [6.45, 7) is 4.94. The molecule has 7 rings (SSSR count). The molecule has 2 heterocycles. The van der Waals surface area contributed by atoms with Crippen LogP contribution in [0.25, 0.3) is 55.8 Å². The van der Waals surface area contributed by atoms with Crippen LogP contribution in [0.1, 0.15) is 0 Å². The van der Waals surface area contributed by atoms with Crippen molar-refractivity contribution < 1.29 is 0 Å². The molecule has 186 valence electrons. The van der Waals surface area contributed by atoms with Gasteiger partial charge in [-0.3, -0.25) is 4.98 Å². The lowest BCUT2D eigenvalue weighted by Crippen LogP contribution is -2.49. The lowest BCUT2D eigenvalue weighted by atomic mass is 9.95. The third-order valence-electron chi connectivity index (χ3n) is 8.15. The van der Waals surface area contributed by atoms with Crippen LogP contribution in [0.5, 0.6) is 0 Å². The number of nitrogens with zero attached hydrogens (tertiary/aromatic N) is 1. The van der Waals surface area contributed by atoms with E-state index < -0.39 is 8.07 Å². The predicted octanol–water partition coefficient (Wildman–Crippen LogP) is 8.55. The SMILES string of the molecule is C[Si]1(C)c2ccccc2-c2cc(-c3cccc(-c4ccc(-c5cccc(-c6ccccn6)c5)cc4)c3)ccc21. The molecule has 6 aromatic rings. The molecule has 0 saturated heterocycles. The molecule has 0 radical (unpaired) electrons. The first-order valence-corrected chi connectivity index (χ1v) is 16.5. The van der Waals surface area contributed by atoms with E-state index in [4.69, 9.17) is 0 Å². The quantitative estimate of drug-likeness (QED) is 0.214. The summed E-state index contributed by atoms with van der Waals surface area (Å²) in [6, 6.07) is 48.6. The predicted molar refractivity (Wildman–Crippen MR) is 168 cm³/mol. The zero-order valence-electron chi connectivity index (χ0n) is 22.2. The molecule has 1 nitrogen and oxygen atoms in total. The fraction of sp³-hybridized carbons (Fsp3) is 0.0541. The first-order chi connectivity index (χ1) is 19.1. The highest BCUT2D eigenvalue weighted by Crippen LogP contribution is 2.34. The van der Waals surface area contributed by atoms with Gasteiger partial charge in [-0.05, 0) is 85.2 Å². The highest BCUT2D eigenvalue weighted by Gasteiger charge is 2.37. The second-order valence-corrected chi connectivity index (χ2v) is 15.2. The van der Waals surface area contributed by atoms with Gasteiger partial charge in [0.05, 0.1) is 5.69 Å². The zero-order chi connectivity index (χ0) is 26.4. The molecule has 2 heteroatoms. The third kappa shape index (κ3) is 4.14. The van der Waals surface area contributed by atoms with E-state index in [0.29, 0.717) is 0 Å². The number of fused-ring (bicyclic) bond motifs is 3. The van der Waals surface area contributed by atoms with Gasteiger partial charge < -0.3 is 0 Å². The molecule has 0 unspecified atom stereocenters. The number of rotatable bonds is 4. The van der Waals surface area contributed by atoms with Gasteiger partial charge in [0.15, 0.2) is 0 Å². The molecule has 0 amide bonds. The molecule has 1 aliphatic heterocycles. The molecule has 5 aromatic carbocycles. The second-order valence-electron chi connectivity index (χ2n) is 10.9. The summed E-state index contributed by atoms with van der Waals surface area (Å²) in [5.41, 5.74) is 12.4. The summed E-state index contributed by atoms with van der Waals surface area (Å²) < 4.78 is 0. The number of benzene rings is 5. The summed E-state index contributed by atoms with van der Waals surface area (Å²) in [4.78, 5) is 4.51. The van der Waals surface area contributed by atoms with Crippen molar-refractivity contribution in [1.82, 2.24) is 4.98 Å². The van der Waals surface area contributed by atoms with Crippen molar-refractivity contribution in [2.75, 3.05) is 0 Å². The average molecular weight is 516 g/mol. The van der Waals surface area contributed by atoms with Crippen molar-refractivity contribution in [3.63, 3.8) is 0 Å². The van der Waals surface area contributed by atoms with E-state index in [-0.39, 0.29) is 0 Å². The Hall–Kier alpha value is -4.53. The minimum absolute atomic E-state index is 0.994. The van der Waals surface area contributed by atoms with Gasteiger partial charge in [0, 0.05) is 11.8 Å². The monoisotopic (exact) mass is 515 g/mol. The Labute approximate surface area is 231 Å². The molecule has 1 aliphatic rings. The van der Waals surface area contributed by atoms with Gasteiger partial charge in [0.1, 0.15) is 8.07 Å². The van der Waals surface area contributed by atoms with Crippen LogP contribution in [0.3, 0.4) is 0 Å². The molecule has 0 aliphatic carbocycles. The van der Waals surface area contributed by atoms with Gasteiger partial charge >= 0.3 is 0 Å². The van der Waals surface area contributed by atoms with E-state index in [1.807, 2.05) is 18.3 Å². The van der Waals surface area contributed by atoms with Crippen LogP contribution in [0.15, 0.2) is 140 Å². The first-order valence-electron chi connectivity index (χ1n) is 13.5. The minimum Gasteiger partial charge on any atom is -0.256 e. The molecule has 39 heavy (non-hydrogen) atoms. The fourth-order valence-corrected chi connectivity index (χ4v) is 9.10. The van der Waals surface area contributed by atoms with Gasteiger partial charge in [0.2, 0.25) is 0 Å². The maximum Gasteiger partial charge on any atom is 0.113 e. The normalized spacial score (nSPS) is 13.1. The van der Waals surface area contributed by atoms with E-state index >= 15 is 0 Å². The summed E-state index contributed by atoms with van der Waals surface area (Å²) in [5.74, 6) is 0. The van der Waals surface area contributed by atoms with Crippen LogP contribution in [-0.4, -0.2) is 13.1 Å². The van der Waals surface area contributed by atoms with E-state index in [0.717, 1.165) is 11.3 Å². The van der Waals surface area contributed by atoms with E-state index in [9.17, 15) is 0 Å². The number of pyridine rings is 1. The Balaban J connectivity index is 1.20. The third-order valence-corrected chi connectivity index (χ3v) is 11.7. The molecular weight excluding hydrogens is 487 g/mol. The van der Waals surface area contributed by atoms with Crippen molar-refractivity contribution >= 4 is 18.4 Å². The summed E-state index contributed by atoms with van der Waals surface area (Å²) in [7, 11) is -1.63.